The van der Waals surface area contributed by atoms with Gasteiger partial charge in [0.25, 0.3) is 0 Å². The summed E-state index contributed by atoms with van der Waals surface area (Å²) >= 11 is 1.54. The Balaban J connectivity index is 2.18. The van der Waals surface area contributed by atoms with E-state index >= 15 is 0 Å². The maximum Gasteiger partial charge on any atom is 0.226 e. The summed E-state index contributed by atoms with van der Waals surface area (Å²) in [4.78, 5) is 16.2. The maximum absolute atomic E-state index is 11.7. The zero-order valence-corrected chi connectivity index (χ0v) is 13.5. The summed E-state index contributed by atoms with van der Waals surface area (Å²) in [5, 5.41) is 7.88. The van der Waals surface area contributed by atoms with Crippen molar-refractivity contribution >= 4 is 44.0 Å². The molecule has 21 heavy (non-hydrogen) atoms. The molecule has 6 heteroatoms. The van der Waals surface area contributed by atoms with Gasteiger partial charge in [0.1, 0.15) is 0 Å². The lowest BCUT2D eigenvalue weighted by molar-refractivity contribution is -0.118. The molecule has 112 valence electrons. The van der Waals surface area contributed by atoms with Crippen LogP contribution in [0.1, 0.15) is 34.1 Å². The number of nitrogens with zero attached hydrogens (tertiary/aromatic N) is 2. The van der Waals surface area contributed by atoms with Crippen LogP contribution in [0.2, 0.25) is 0 Å². The summed E-state index contributed by atoms with van der Waals surface area (Å²) < 4.78 is 1.06. The van der Waals surface area contributed by atoms with Gasteiger partial charge in [0.15, 0.2) is 0 Å². The maximum atomic E-state index is 11.7. The molecule has 0 spiro atoms. The first-order valence-corrected chi connectivity index (χ1v) is 7.82. The quantitative estimate of drug-likeness (QED) is 0.646. The molecule has 2 N–H and O–H groups in total. The highest BCUT2D eigenvalue weighted by Crippen LogP contribution is 2.28. The summed E-state index contributed by atoms with van der Waals surface area (Å²) in [6.07, 6.45) is 0.906. The number of nitrogens with one attached hydrogen (secondary N) is 2. The third kappa shape index (κ3) is 4.01. The molecule has 1 heterocycles. The molecule has 0 aliphatic heterocycles. The van der Waals surface area contributed by atoms with Crippen LogP contribution in [-0.4, -0.2) is 16.6 Å². The third-order valence-corrected chi connectivity index (χ3v) is 3.97. The normalized spacial score (nSPS) is 12.0. The van der Waals surface area contributed by atoms with E-state index in [4.69, 9.17) is 0 Å². The lowest BCUT2D eigenvalue weighted by Crippen LogP contribution is -2.17. The van der Waals surface area contributed by atoms with Gasteiger partial charge in [-0.25, -0.2) is 4.98 Å². The average Bonchev–Trinajstić information content (AvgIpc) is 2.86. The first kappa shape index (κ1) is 15.4. The number of amides is 1. The lowest BCUT2D eigenvalue weighted by atomic mass is 10.2. The average molecular weight is 304 g/mol. The smallest absolute Gasteiger partial charge is 0.226 e. The number of rotatable bonds is 5. The zero-order valence-electron chi connectivity index (χ0n) is 12.7. The van der Waals surface area contributed by atoms with Crippen molar-refractivity contribution in [1.82, 2.24) is 4.98 Å². The summed E-state index contributed by atoms with van der Waals surface area (Å²) in [7, 11) is 0. The van der Waals surface area contributed by atoms with Crippen LogP contribution >= 0.6 is 11.3 Å². The Hall–Kier alpha value is -1.95. The van der Waals surface area contributed by atoms with Crippen molar-refractivity contribution in [3.8, 4) is 0 Å². The Bertz CT molecular complexity index is 675. The van der Waals surface area contributed by atoms with E-state index in [0.29, 0.717) is 0 Å². The Kier molecular flexibility index (Phi) is 4.90. The predicted octanol–water partition coefficient (Wildman–Crippen LogP) is 4.09. The Morgan fingerprint density at radius 2 is 2.19 bits per heavy atom. The van der Waals surface area contributed by atoms with Crippen LogP contribution in [0.15, 0.2) is 23.3 Å². The summed E-state index contributed by atoms with van der Waals surface area (Å²) in [5.74, 6) is -0.0363. The largest absolute Gasteiger partial charge is 0.326 e. The van der Waals surface area contributed by atoms with Gasteiger partial charge >= 0.3 is 0 Å². The van der Waals surface area contributed by atoms with Crippen LogP contribution < -0.4 is 10.7 Å². The fourth-order valence-corrected chi connectivity index (χ4v) is 2.35. The molecule has 0 fully saturated rings. The van der Waals surface area contributed by atoms with Crippen LogP contribution in [0.25, 0.3) is 10.2 Å². The van der Waals surface area contributed by atoms with Gasteiger partial charge in [-0.3, -0.25) is 10.2 Å². The van der Waals surface area contributed by atoms with Gasteiger partial charge in [-0.2, -0.15) is 5.10 Å². The molecule has 0 aliphatic rings. The molecular formula is C15H20N4OS. The number of hydrogen-bond acceptors (Lipinski definition) is 5. The SMILES string of the molecule is CC/C(C)=N\Nc1nc2cc(NC(=O)C(C)C)ccc2s1. The van der Waals surface area contributed by atoms with Crippen molar-refractivity contribution < 1.29 is 4.79 Å². The highest BCUT2D eigenvalue weighted by atomic mass is 32.1. The molecule has 0 saturated heterocycles. The van der Waals surface area contributed by atoms with Crippen LogP contribution in [0.4, 0.5) is 10.8 Å². The van der Waals surface area contributed by atoms with Crippen LogP contribution in [0.5, 0.6) is 0 Å². The van der Waals surface area contributed by atoms with E-state index in [9.17, 15) is 4.79 Å². The number of carbonyl (C=O) groups is 1. The summed E-state index contributed by atoms with van der Waals surface area (Å²) in [6, 6.07) is 5.74. The van der Waals surface area contributed by atoms with Gasteiger partial charge in [-0.15, -0.1) is 0 Å². The minimum atomic E-state index is -0.0419. The lowest BCUT2D eigenvalue weighted by Gasteiger charge is -2.06. The van der Waals surface area contributed by atoms with Crippen molar-refractivity contribution in [2.24, 2.45) is 11.0 Å². The van der Waals surface area contributed by atoms with Crippen LogP contribution in [0, 0.1) is 5.92 Å². The number of anilines is 2. The molecule has 0 unspecified atom stereocenters. The molecule has 1 aromatic carbocycles. The fourth-order valence-electron chi connectivity index (χ4n) is 1.56. The van der Waals surface area contributed by atoms with E-state index in [2.05, 4.69) is 27.8 Å². The number of benzene rings is 1. The number of hydrazone groups is 1. The molecular weight excluding hydrogens is 284 g/mol. The molecule has 5 nitrogen and oxygen atoms in total. The van der Waals surface area contributed by atoms with Crippen molar-refractivity contribution in [2.45, 2.75) is 34.1 Å². The molecule has 0 bridgehead atoms. The van der Waals surface area contributed by atoms with Crippen molar-refractivity contribution in [3.63, 3.8) is 0 Å². The van der Waals surface area contributed by atoms with Gasteiger partial charge in [0, 0.05) is 17.3 Å². The number of carbonyl (C=O) groups excluding carboxylic acids is 1. The van der Waals surface area contributed by atoms with E-state index in [0.717, 1.165) is 33.2 Å². The molecule has 0 radical (unpaired) electrons. The minimum absolute atomic E-state index is 0.00565. The molecule has 0 atom stereocenters. The summed E-state index contributed by atoms with van der Waals surface area (Å²) in [5.41, 5.74) is 5.62. The summed E-state index contributed by atoms with van der Waals surface area (Å²) in [6.45, 7) is 7.77. The van der Waals surface area contributed by atoms with E-state index in [1.807, 2.05) is 39.0 Å². The Morgan fingerprint density at radius 3 is 2.86 bits per heavy atom. The standard InChI is InChI=1S/C15H20N4OS/c1-5-10(4)18-19-15-17-12-8-11(6-7-13(12)21-15)16-14(20)9(2)3/h6-9H,5H2,1-4H3,(H,16,20)(H,17,19)/b18-10-. The van der Waals surface area contributed by atoms with E-state index in [1.165, 1.54) is 0 Å². The minimum Gasteiger partial charge on any atom is -0.326 e. The fraction of sp³-hybridized carbons (Fsp3) is 0.400. The zero-order chi connectivity index (χ0) is 15.4. The highest BCUT2D eigenvalue weighted by Gasteiger charge is 2.09. The second kappa shape index (κ2) is 6.67. The third-order valence-electron chi connectivity index (χ3n) is 3.03. The molecule has 2 rings (SSSR count). The van der Waals surface area contributed by atoms with E-state index < -0.39 is 0 Å². The second-order valence-electron chi connectivity index (χ2n) is 5.16. The monoisotopic (exact) mass is 304 g/mol. The Morgan fingerprint density at radius 1 is 1.43 bits per heavy atom. The first-order chi connectivity index (χ1) is 9.99. The van der Waals surface area contributed by atoms with Gasteiger partial charge in [-0.05, 0) is 31.5 Å². The topological polar surface area (TPSA) is 66.4 Å². The molecule has 0 aliphatic carbocycles. The molecule has 0 saturated carbocycles. The van der Waals surface area contributed by atoms with Gasteiger partial charge in [-0.1, -0.05) is 32.1 Å². The number of hydrogen-bond donors (Lipinski definition) is 2. The van der Waals surface area contributed by atoms with Crippen molar-refractivity contribution in [3.05, 3.63) is 18.2 Å². The Labute approximate surface area is 128 Å². The van der Waals surface area contributed by atoms with Crippen molar-refractivity contribution in [2.75, 3.05) is 10.7 Å². The van der Waals surface area contributed by atoms with Crippen molar-refractivity contribution in [1.29, 1.82) is 0 Å². The van der Waals surface area contributed by atoms with Crippen LogP contribution in [-0.2, 0) is 4.79 Å². The van der Waals surface area contributed by atoms with Gasteiger partial charge < -0.3 is 5.32 Å². The first-order valence-electron chi connectivity index (χ1n) is 7.00. The predicted molar refractivity (Wildman–Crippen MR) is 90.1 cm³/mol. The van der Waals surface area contributed by atoms with Gasteiger partial charge in [0.2, 0.25) is 11.0 Å². The molecule has 1 amide bonds. The van der Waals surface area contributed by atoms with Gasteiger partial charge in [0.05, 0.1) is 10.2 Å². The molecule has 1 aromatic heterocycles. The molecule has 2 aromatic rings. The number of thiazole rings is 1. The second-order valence-corrected chi connectivity index (χ2v) is 6.19. The van der Waals surface area contributed by atoms with Crippen LogP contribution in [0.3, 0.4) is 0 Å². The highest BCUT2D eigenvalue weighted by molar-refractivity contribution is 7.22. The number of aromatic nitrogens is 1. The van der Waals surface area contributed by atoms with E-state index in [-0.39, 0.29) is 11.8 Å². The van der Waals surface area contributed by atoms with E-state index in [1.54, 1.807) is 11.3 Å². The number of fused-ring (bicyclic) bond motifs is 1.